The minimum atomic E-state index is -1.13. The molecule has 10 heavy (non-hydrogen) atoms. The van der Waals surface area contributed by atoms with Crippen LogP contribution < -0.4 is 5.73 Å². The van der Waals surface area contributed by atoms with Gasteiger partial charge in [-0.15, -0.1) is 0 Å². The van der Waals surface area contributed by atoms with Crippen molar-refractivity contribution in [2.24, 2.45) is 5.73 Å². The summed E-state index contributed by atoms with van der Waals surface area (Å²) in [5, 5.41) is 9.47. The Morgan fingerprint density at radius 3 is 2.60 bits per heavy atom. The summed E-state index contributed by atoms with van der Waals surface area (Å²) in [4.78, 5) is 10.0. The van der Waals surface area contributed by atoms with E-state index >= 15 is 0 Å². The van der Waals surface area contributed by atoms with Crippen LogP contribution >= 0.6 is 0 Å². The Balaban J connectivity index is 3.89. The van der Waals surface area contributed by atoms with E-state index in [1.54, 1.807) is 0 Å². The molecule has 0 aliphatic carbocycles. The lowest BCUT2D eigenvalue weighted by Crippen LogP contribution is -2.27. The fourth-order valence-corrected chi connectivity index (χ4v) is 0.668. The number of rotatable bonds is 3. The van der Waals surface area contributed by atoms with E-state index < -0.39 is 22.8 Å². The highest BCUT2D eigenvalue weighted by Gasteiger charge is 2.05. The summed E-state index contributed by atoms with van der Waals surface area (Å²) in [6.07, 6.45) is 2.63. The molecule has 0 saturated carbocycles. The van der Waals surface area contributed by atoms with Crippen LogP contribution in [0.4, 0.5) is 0 Å². The Morgan fingerprint density at radius 1 is 1.80 bits per heavy atom. The quantitative estimate of drug-likeness (QED) is 0.576. The van der Waals surface area contributed by atoms with E-state index in [4.69, 9.17) is 10.8 Å². The number of hydrogen-bond donors (Lipinski definition) is 2. The number of carboxylic acids is 1. The summed E-state index contributed by atoms with van der Waals surface area (Å²) in [7, 11) is -1.13. The first-order valence-electron chi connectivity index (χ1n) is 2.53. The average molecular weight is 163 g/mol. The molecule has 5 heteroatoms. The first-order valence-corrected chi connectivity index (χ1v) is 4.15. The van der Waals surface area contributed by atoms with Gasteiger partial charge < -0.3 is 10.8 Å². The van der Waals surface area contributed by atoms with Crippen molar-refractivity contribution in [3.63, 3.8) is 0 Å². The summed E-state index contributed by atoms with van der Waals surface area (Å²) in [6.45, 7) is 0. The van der Waals surface area contributed by atoms with E-state index in [2.05, 4.69) is 0 Å². The monoisotopic (exact) mass is 163 g/mol. The summed E-state index contributed by atoms with van der Waals surface area (Å²) >= 11 is 0. The fourth-order valence-electron chi connectivity index (χ4n) is 0.278. The third-order valence-electron chi connectivity index (χ3n) is 0.763. The molecule has 0 bridgehead atoms. The van der Waals surface area contributed by atoms with Gasteiger partial charge in [0.1, 0.15) is 6.04 Å². The van der Waals surface area contributed by atoms with Gasteiger partial charge in [-0.1, -0.05) is 0 Å². The van der Waals surface area contributed by atoms with Crippen LogP contribution in [0, 0.1) is 0 Å². The highest BCUT2D eigenvalue weighted by atomic mass is 32.2. The number of hydrogen-bond acceptors (Lipinski definition) is 3. The first kappa shape index (κ1) is 9.32. The third-order valence-corrected chi connectivity index (χ3v) is 1.30. The highest BCUT2D eigenvalue weighted by molar-refractivity contribution is 7.87. The second-order valence-electron chi connectivity index (χ2n) is 1.69. The van der Waals surface area contributed by atoms with Crippen LogP contribution in [-0.2, 0) is 15.6 Å². The molecule has 0 saturated heterocycles. The molecule has 58 valence electrons. The first-order chi connectivity index (χ1) is 4.54. The fraction of sp³-hybridized carbons (Fsp3) is 0.400. The van der Waals surface area contributed by atoms with Crippen LogP contribution in [0.15, 0.2) is 11.5 Å². The molecule has 0 aliphatic rings. The van der Waals surface area contributed by atoms with Crippen molar-refractivity contribution in [1.82, 2.24) is 0 Å². The normalized spacial score (nSPS) is 17.0. The molecular weight excluding hydrogens is 154 g/mol. The van der Waals surface area contributed by atoms with Gasteiger partial charge in [-0.3, -0.25) is 9.00 Å². The van der Waals surface area contributed by atoms with Gasteiger partial charge in [0, 0.05) is 22.5 Å². The second-order valence-corrected chi connectivity index (χ2v) is 2.96. The van der Waals surface area contributed by atoms with Crippen LogP contribution in [0.25, 0.3) is 0 Å². The minimum absolute atomic E-state index is 1.05. The van der Waals surface area contributed by atoms with E-state index in [1.165, 1.54) is 17.7 Å². The molecule has 0 amide bonds. The average Bonchev–Trinajstić information content (AvgIpc) is 1.82. The predicted molar refractivity (Wildman–Crippen MR) is 38.8 cm³/mol. The second kappa shape index (κ2) is 4.19. The number of carboxylic acid groups (broad SMARTS) is 1. The van der Waals surface area contributed by atoms with Crippen molar-refractivity contribution in [1.29, 1.82) is 0 Å². The third kappa shape index (κ3) is 4.22. The summed E-state index contributed by atoms with van der Waals surface area (Å²) in [6, 6.07) is -1.05. The molecule has 0 aromatic carbocycles. The van der Waals surface area contributed by atoms with E-state index in [0.29, 0.717) is 0 Å². The number of nitrogens with two attached hydrogens (primary N) is 1. The molecule has 0 aromatic rings. The van der Waals surface area contributed by atoms with Gasteiger partial charge in [-0.25, -0.2) is 0 Å². The van der Waals surface area contributed by atoms with Crippen LogP contribution in [-0.4, -0.2) is 27.6 Å². The molecule has 0 heterocycles. The Bertz CT molecular complexity index is 178. The highest BCUT2D eigenvalue weighted by Crippen LogP contribution is 1.84. The van der Waals surface area contributed by atoms with Crippen molar-refractivity contribution in [3.8, 4) is 0 Å². The number of carbonyl (C=O) groups is 1. The van der Waals surface area contributed by atoms with Crippen molar-refractivity contribution in [2.45, 2.75) is 6.04 Å². The summed E-state index contributed by atoms with van der Waals surface area (Å²) < 4.78 is 10.3. The Morgan fingerprint density at radius 2 is 2.30 bits per heavy atom. The van der Waals surface area contributed by atoms with E-state index in [9.17, 15) is 9.00 Å². The maximum Gasteiger partial charge on any atom is 0.324 e. The van der Waals surface area contributed by atoms with Crippen LogP contribution in [0.1, 0.15) is 0 Å². The standard InChI is InChI=1S/C5H9NO3S/c1-10(9)3-2-4(6)5(7)8/h2-4H,6H2,1H3,(H,7,8)/b3-2+/t4-,10+/m0/s1. The van der Waals surface area contributed by atoms with Crippen molar-refractivity contribution in [2.75, 3.05) is 6.26 Å². The van der Waals surface area contributed by atoms with Gasteiger partial charge in [-0.2, -0.15) is 0 Å². The molecule has 0 aromatic heterocycles. The molecule has 0 unspecified atom stereocenters. The lowest BCUT2D eigenvalue weighted by molar-refractivity contribution is -0.137. The summed E-state index contributed by atoms with van der Waals surface area (Å²) in [5.41, 5.74) is 5.04. The van der Waals surface area contributed by atoms with Gasteiger partial charge in [0.05, 0.1) is 0 Å². The van der Waals surface area contributed by atoms with Crippen molar-refractivity contribution in [3.05, 3.63) is 11.5 Å². The molecule has 4 nitrogen and oxygen atoms in total. The molecule has 0 rings (SSSR count). The topological polar surface area (TPSA) is 80.4 Å². The van der Waals surface area contributed by atoms with E-state index in [-0.39, 0.29) is 0 Å². The van der Waals surface area contributed by atoms with Crippen molar-refractivity contribution < 1.29 is 14.1 Å². The lowest BCUT2D eigenvalue weighted by atomic mass is 10.3. The van der Waals surface area contributed by atoms with Gasteiger partial charge in [0.2, 0.25) is 0 Å². The zero-order valence-corrected chi connectivity index (χ0v) is 6.30. The van der Waals surface area contributed by atoms with Crippen LogP contribution in [0.3, 0.4) is 0 Å². The molecule has 3 N–H and O–H groups in total. The van der Waals surface area contributed by atoms with Gasteiger partial charge >= 0.3 is 5.97 Å². The Kier molecular flexibility index (Phi) is 3.90. The SMILES string of the molecule is C[S@@](=O)/C=C/[C@H](N)C(=O)O. The van der Waals surface area contributed by atoms with Crippen LogP contribution in [0.2, 0.25) is 0 Å². The molecular formula is C5H9NO3S. The molecule has 0 aliphatic heterocycles. The molecule has 0 fully saturated rings. The van der Waals surface area contributed by atoms with Crippen LogP contribution in [0.5, 0.6) is 0 Å². The lowest BCUT2D eigenvalue weighted by Gasteiger charge is -1.95. The molecule has 0 radical (unpaired) electrons. The summed E-state index contributed by atoms with van der Waals surface area (Å²) in [5.74, 6) is -1.12. The maximum atomic E-state index is 10.3. The van der Waals surface area contributed by atoms with Crippen molar-refractivity contribution >= 4 is 16.8 Å². The maximum absolute atomic E-state index is 10.3. The van der Waals surface area contributed by atoms with Gasteiger partial charge in [0.25, 0.3) is 0 Å². The zero-order valence-electron chi connectivity index (χ0n) is 5.48. The Hall–Kier alpha value is -0.680. The largest absolute Gasteiger partial charge is 0.480 e. The zero-order chi connectivity index (χ0) is 8.15. The smallest absolute Gasteiger partial charge is 0.324 e. The van der Waals surface area contributed by atoms with E-state index in [1.807, 2.05) is 0 Å². The number of aliphatic carboxylic acids is 1. The molecule has 2 atom stereocenters. The molecule has 0 spiro atoms. The van der Waals surface area contributed by atoms with Gasteiger partial charge in [-0.05, 0) is 6.08 Å². The van der Waals surface area contributed by atoms with E-state index in [0.717, 1.165) is 0 Å². The van der Waals surface area contributed by atoms with Gasteiger partial charge in [0.15, 0.2) is 0 Å². The minimum Gasteiger partial charge on any atom is -0.480 e. The Labute approximate surface area is 61.2 Å². The predicted octanol–water partition coefficient (Wildman–Crippen LogP) is -0.710.